The Morgan fingerprint density at radius 2 is 2.20 bits per heavy atom. The van der Waals surface area contributed by atoms with Crippen molar-refractivity contribution in [2.45, 2.75) is 40.2 Å². The summed E-state index contributed by atoms with van der Waals surface area (Å²) in [6.45, 7) is 7.80. The fourth-order valence-corrected chi connectivity index (χ4v) is 1.84. The summed E-state index contributed by atoms with van der Waals surface area (Å²) in [5, 5.41) is 5.21. The second kappa shape index (κ2) is 5.52. The van der Waals surface area contributed by atoms with Crippen LogP contribution in [0.4, 0.5) is 0 Å². The molecule has 1 rings (SSSR count). The van der Waals surface area contributed by atoms with E-state index < -0.39 is 0 Å². The molecule has 0 aromatic carbocycles. The first kappa shape index (κ1) is 12.5. The zero-order valence-electron chi connectivity index (χ0n) is 9.76. The maximum absolute atomic E-state index is 6.20. The molecule has 0 aliphatic rings. The van der Waals surface area contributed by atoms with Crippen LogP contribution < -0.4 is 5.73 Å². The lowest BCUT2D eigenvalue weighted by molar-refractivity contribution is 0.520. The summed E-state index contributed by atoms with van der Waals surface area (Å²) in [6, 6.07) is 0. The quantitative estimate of drug-likeness (QED) is 0.843. The van der Waals surface area contributed by atoms with E-state index in [9.17, 15) is 0 Å². The van der Waals surface area contributed by atoms with Gasteiger partial charge in [0.05, 0.1) is 16.4 Å². The lowest BCUT2D eigenvalue weighted by atomic mass is 10.0. The van der Waals surface area contributed by atoms with Crippen LogP contribution in [-0.2, 0) is 13.0 Å². The Morgan fingerprint density at radius 1 is 1.53 bits per heavy atom. The second-order valence-electron chi connectivity index (χ2n) is 4.04. The SMILES string of the molecule is CCn1nc(C)c(Cl)c1CCC(C)CN. The molecule has 0 spiro atoms. The summed E-state index contributed by atoms with van der Waals surface area (Å²) in [6.07, 6.45) is 2.03. The first-order valence-electron chi connectivity index (χ1n) is 5.52. The van der Waals surface area contributed by atoms with Gasteiger partial charge in [-0.1, -0.05) is 18.5 Å². The first-order valence-corrected chi connectivity index (χ1v) is 5.89. The van der Waals surface area contributed by atoms with Gasteiger partial charge < -0.3 is 5.73 Å². The van der Waals surface area contributed by atoms with Crippen molar-refractivity contribution in [2.75, 3.05) is 6.54 Å². The fraction of sp³-hybridized carbons (Fsp3) is 0.727. The molecule has 1 atom stereocenters. The lowest BCUT2D eigenvalue weighted by Crippen LogP contribution is -2.12. The Hall–Kier alpha value is -0.540. The van der Waals surface area contributed by atoms with Crippen LogP contribution in [0, 0.1) is 12.8 Å². The number of hydrogen-bond acceptors (Lipinski definition) is 2. The molecule has 1 heterocycles. The zero-order valence-corrected chi connectivity index (χ0v) is 10.5. The van der Waals surface area contributed by atoms with Crippen LogP contribution in [0.2, 0.25) is 5.02 Å². The number of aromatic nitrogens is 2. The van der Waals surface area contributed by atoms with Gasteiger partial charge in [0.2, 0.25) is 0 Å². The average molecular weight is 230 g/mol. The highest BCUT2D eigenvalue weighted by atomic mass is 35.5. The summed E-state index contributed by atoms with van der Waals surface area (Å²) in [7, 11) is 0. The van der Waals surface area contributed by atoms with Gasteiger partial charge in [0, 0.05) is 6.54 Å². The molecule has 0 amide bonds. The third-order valence-corrected chi connectivity index (χ3v) is 3.22. The van der Waals surface area contributed by atoms with Crippen molar-refractivity contribution >= 4 is 11.6 Å². The molecule has 4 heteroatoms. The molecular weight excluding hydrogens is 210 g/mol. The Morgan fingerprint density at radius 3 is 2.73 bits per heavy atom. The molecule has 0 radical (unpaired) electrons. The van der Waals surface area contributed by atoms with Crippen molar-refractivity contribution in [3.63, 3.8) is 0 Å². The van der Waals surface area contributed by atoms with Gasteiger partial charge in [0.1, 0.15) is 0 Å². The van der Waals surface area contributed by atoms with E-state index in [2.05, 4.69) is 18.9 Å². The molecular formula is C11H20ClN3. The minimum absolute atomic E-state index is 0.543. The van der Waals surface area contributed by atoms with Crippen molar-refractivity contribution in [2.24, 2.45) is 11.7 Å². The van der Waals surface area contributed by atoms with Gasteiger partial charge in [-0.3, -0.25) is 4.68 Å². The van der Waals surface area contributed by atoms with E-state index in [1.807, 2.05) is 11.6 Å². The maximum Gasteiger partial charge on any atom is 0.0847 e. The Balaban J connectivity index is 2.74. The second-order valence-corrected chi connectivity index (χ2v) is 4.42. The van der Waals surface area contributed by atoms with Gasteiger partial charge in [-0.2, -0.15) is 5.10 Å². The zero-order chi connectivity index (χ0) is 11.4. The lowest BCUT2D eigenvalue weighted by Gasteiger charge is -2.09. The van der Waals surface area contributed by atoms with E-state index in [-0.39, 0.29) is 0 Å². The molecule has 0 saturated heterocycles. The molecule has 3 nitrogen and oxygen atoms in total. The number of aryl methyl sites for hydroxylation is 2. The van der Waals surface area contributed by atoms with E-state index in [0.29, 0.717) is 5.92 Å². The molecule has 0 aliphatic heterocycles. The molecule has 1 aromatic heterocycles. The molecule has 0 aliphatic carbocycles. The summed E-state index contributed by atoms with van der Waals surface area (Å²) in [5.41, 5.74) is 7.67. The molecule has 1 unspecified atom stereocenters. The smallest absolute Gasteiger partial charge is 0.0847 e. The molecule has 0 fully saturated rings. The molecule has 15 heavy (non-hydrogen) atoms. The standard InChI is InChI=1S/C11H20ClN3/c1-4-15-10(6-5-8(2)7-13)11(12)9(3)14-15/h8H,4-7,13H2,1-3H3. The molecule has 2 N–H and O–H groups in total. The van der Waals surface area contributed by atoms with Crippen LogP contribution >= 0.6 is 11.6 Å². The van der Waals surface area contributed by atoms with E-state index in [4.69, 9.17) is 17.3 Å². The summed E-state index contributed by atoms with van der Waals surface area (Å²) in [4.78, 5) is 0. The number of rotatable bonds is 5. The number of nitrogens with two attached hydrogens (primary N) is 1. The molecule has 0 saturated carbocycles. The highest BCUT2D eigenvalue weighted by Gasteiger charge is 2.12. The fourth-order valence-electron chi connectivity index (χ4n) is 1.61. The van der Waals surface area contributed by atoms with Gasteiger partial charge in [-0.25, -0.2) is 0 Å². The summed E-state index contributed by atoms with van der Waals surface area (Å²) in [5.74, 6) is 0.543. The monoisotopic (exact) mass is 229 g/mol. The highest BCUT2D eigenvalue weighted by Crippen LogP contribution is 2.22. The third kappa shape index (κ3) is 2.95. The van der Waals surface area contributed by atoms with Gasteiger partial charge >= 0.3 is 0 Å². The number of hydrogen-bond donors (Lipinski definition) is 1. The van der Waals surface area contributed by atoms with Crippen LogP contribution in [0.3, 0.4) is 0 Å². The van der Waals surface area contributed by atoms with Crippen LogP contribution in [0.5, 0.6) is 0 Å². The normalized spacial score (nSPS) is 13.1. The van der Waals surface area contributed by atoms with Crippen LogP contribution in [0.25, 0.3) is 0 Å². The van der Waals surface area contributed by atoms with Gasteiger partial charge in [-0.15, -0.1) is 0 Å². The Kier molecular flexibility index (Phi) is 4.61. The summed E-state index contributed by atoms with van der Waals surface area (Å²) < 4.78 is 1.99. The van der Waals surface area contributed by atoms with E-state index in [1.165, 1.54) is 0 Å². The van der Waals surface area contributed by atoms with E-state index >= 15 is 0 Å². The minimum atomic E-state index is 0.543. The van der Waals surface area contributed by atoms with Crippen molar-refractivity contribution in [1.82, 2.24) is 9.78 Å². The van der Waals surface area contributed by atoms with Gasteiger partial charge in [0.15, 0.2) is 0 Å². The van der Waals surface area contributed by atoms with Gasteiger partial charge in [0.25, 0.3) is 0 Å². The van der Waals surface area contributed by atoms with Crippen molar-refractivity contribution < 1.29 is 0 Å². The Bertz CT molecular complexity index is 320. The summed E-state index contributed by atoms with van der Waals surface area (Å²) >= 11 is 6.20. The van der Waals surface area contributed by atoms with E-state index in [1.54, 1.807) is 0 Å². The predicted octanol–water partition coefficient (Wildman–Crippen LogP) is 2.39. The molecule has 1 aromatic rings. The largest absolute Gasteiger partial charge is 0.330 e. The topological polar surface area (TPSA) is 43.8 Å². The average Bonchev–Trinajstić information content (AvgIpc) is 2.52. The molecule has 0 bridgehead atoms. The first-order chi connectivity index (χ1) is 7.10. The minimum Gasteiger partial charge on any atom is -0.330 e. The van der Waals surface area contributed by atoms with Gasteiger partial charge in [-0.05, 0) is 39.2 Å². The van der Waals surface area contributed by atoms with Crippen LogP contribution in [0.15, 0.2) is 0 Å². The van der Waals surface area contributed by atoms with E-state index in [0.717, 1.165) is 42.3 Å². The number of halogens is 1. The Labute approximate surface area is 96.6 Å². The molecule has 86 valence electrons. The van der Waals surface area contributed by atoms with Crippen molar-refractivity contribution in [3.05, 3.63) is 16.4 Å². The van der Waals surface area contributed by atoms with Crippen LogP contribution in [0.1, 0.15) is 31.7 Å². The highest BCUT2D eigenvalue weighted by molar-refractivity contribution is 6.31. The third-order valence-electron chi connectivity index (χ3n) is 2.73. The number of nitrogens with zero attached hydrogens (tertiary/aromatic N) is 2. The van der Waals surface area contributed by atoms with Crippen molar-refractivity contribution in [1.29, 1.82) is 0 Å². The van der Waals surface area contributed by atoms with Crippen LogP contribution in [-0.4, -0.2) is 16.3 Å². The van der Waals surface area contributed by atoms with Crippen molar-refractivity contribution in [3.8, 4) is 0 Å². The maximum atomic E-state index is 6.20. The predicted molar refractivity (Wildman–Crippen MR) is 64.2 cm³/mol.